The first kappa shape index (κ1) is 69.4. The molecule has 3 fully saturated rings. The van der Waals surface area contributed by atoms with Crippen molar-refractivity contribution < 1.29 is 108 Å². The number of halogens is 3. The largest absolute Gasteiger partial charge is 0.573 e. The Morgan fingerprint density at radius 3 is 1.51 bits per heavy atom. The number of carbonyl (C=O) groups is 6. The molecule has 85 heavy (non-hydrogen) atoms. The normalized spacial score (nSPS) is 15.3. The van der Waals surface area contributed by atoms with Crippen molar-refractivity contribution in [1.29, 1.82) is 0 Å². The number of imide groups is 2. The summed E-state index contributed by atoms with van der Waals surface area (Å²) in [7, 11) is 0. The summed E-state index contributed by atoms with van der Waals surface area (Å²) in [5, 5.41) is 7.40. The van der Waals surface area contributed by atoms with Crippen LogP contribution in [0.15, 0.2) is 54.7 Å². The number of hydrazine groups is 1. The second-order valence-corrected chi connectivity index (χ2v) is 18.7. The molecule has 0 bridgehead atoms. The molecular formula is C54H79F3N8O20. The Kier molecular flexibility index (Phi) is 32.2. The van der Waals surface area contributed by atoms with Gasteiger partial charge in [0.05, 0.1) is 183 Å². The molecule has 0 aliphatic carbocycles. The fraction of sp³-hybridized carbons (Fsp3) is 0.630. The van der Waals surface area contributed by atoms with Gasteiger partial charge in [-0.15, -0.1) is 18.2 Å². The number of hydroxylamine groups is 2. The molecule has 7 amide bonds. The minimum Gasteiger partial charge on any atom is -0.406 e. The van der Waals surface area contributed by atoms with Gasteiger partial charge in [0.1, 0.15) is 11.3 Å². The molecule has 3 heterocycles. The number of hydrogen-bond donors (Lipinski definition) is 4. The summed E-state index contributed by atoms with van der Waals surface area (Å²) in [4.78, 5) is 81.3. The second-order valence-electron chi connectivity index (χ2n) is 18.7. The molecule has 3 aliphatic rings. The quantitative estimate of drug-likeness (QED) is 0.0243. The Hall–Kier alpha value is -6.33. The molecular weight excluding hydrogens is 1140 g/mol. The standard InChI is InChI=1S/C54H79F3N8O20/c55-54(56,57)84-45-6-2-5-44(40-45)64-50(69)53(61-52(64)71)10-12-62(13-11-53)51(70)60-43-4-1-3-42(39-43)46(58)41-63(59)14-16-73-18-20-75-22-24-77-26-28-79-30-32-81-34-36-83-38-37-82-35-33-80-31-29-78-27-25-76-23-21-74-19-17-72-15-9-49(68)85-65-47(66)7-8-48(65)67/h1-6,39-41H,7-38,58-59H2,(H,60,70)(H,61,71)/b46-41-. The number of carbonyl (C=O) groups excluding carboxylic acids is 6. The van der Waals surface area contributed by atoms with Gasteiger partial charge < -0.3 is 92.7 Å². The maximum absolute atomic E-state index is 13.5. The summed E-state index contributed by atoms with van der Waals surface area (Å²) in [6.07, 6.45) is -3.26. The van der Waals surface area contributed by atoms with E-state index >= 15 is 0 Å². The van der Waals surface area contributed by atoms with E-state index in [2.05, 4.69) is 15.4 Å². The van der Waals surface area contributed by atoms with Crippen LogP contribution >= 0.6 is 0 Å². The van der Waals surface area contributed by atoms with Crippen molar-refractivity contribution in [3.05, 3.63) is 60.3 Å². The Balaban J connectivity index is 0.727. The van der Waals surface area contributed by atoms with Gasteiger partial charge in [0.25, 0.3) is 17.7 Å². The molecule has 28 nitrogen and oxygen atoms in total. The number of nitrogens with one attached hydrogen (secondary N) is 2. The minimum atomic E-state index is -4.95. The lowest BCUT2D eigenvalue weighted by Gasteiger charge is -2.37. The molecule has 1 spiro atoms. The summed E-state index contributed by atoms with van der Waals surface area (Å²) in [5.74, 6) is 3.15. The van der Waals surface area contributed by atoms with Crippen LogP contribution in [-0.2, 0) is 80.9 Å². The highest BCUT2D eigenvalue weighted by molar-refractivity contribution is 6.23. The van der Waals surface area contributed by atoms with Crippen LogP contribution in [0.1, 0.15) is 37.7 Å². The van der Waals surface area contributed by atoms with E-state index in [1.165, 1.54) is 22.0 Å². The SMILES string of the molecule is N/C(=C\N(N)CCOCCOCCOCCOCCOCCOCCOCCOCCOCCOCCOCCOCCC(=O)ON1C(=O)CCC1=O)c1cccc(NC(=O)N2CCC3(CC2)NC(=O)N(c2cccc(OC(F)(F)F)c2)C3=O)c1. The molecule has 0 saturated carbocycles. The fourth-order valence-electron chi connectivity index (χ4n) is 8.05. The van der Waals surface area contributed by atoms with E-state index in [0.717, 1.165) is 17.0 Å². The van der Waals surface area contributed by atoms with Gasteiger partial charge in [-0.1, -0.05) is 18.2 Å². The monoisotopic (exact) mass is 1220 g/mol. The Morgan fingerprint density at radius 2 is 1.05 bits per heavy atom. The lowest BCUT2D eigenvalue weighted by atomic mass is 9.87. The topological polar surface area (TPSA) is 321 Å². The number of ether oxygens (including phenoxy) is 13. The molecule has 6 N–H and O–H groups in total. The molecule has 0 unspecified atom stereocenters. The van der Waals surface area contributed by atoms with Crippen LogP contribution in [0.2, 0.25) is 0 Å². The van der Waals surface area contributed by atoms with E-state index in [0.29, 0.717) is 174 Å². The van der Waals surface area contributed by atoms with Gasteiger partial charge in [0.2, 0.25) is 0 Å². The highest BCUT2D eigenvalue weighted by Gasteiger charge is 2.53. The van der Waals surface area contributed by atoms with Gasteiger partial charge in [-0.3, -0.25) is 14.4 Å². The predicted molar refractivity (Wildman–Crippen MR) is 293 cm³/mol. The number of nitrogens with zero attached hydrogens (tertiary/aromatic N) is 4. The Labute approximate surface area is 490 Å². The number of rotatable bonds is 45. The molecule has 0 atom stereocenters. The van der Waals surface area contributed by atoms with Crippen molar-refractivity contribution in [1.82, 2.24) is 20.3 Å². The van der Waals surface area contributed by atoms with Crippen LogP contribution in [-0.4, -0.2) is 241 Å². The van der Waals surface area contributed by atoms with Crippen molar-refractivity contribution in [3.8, 4) is 5.75 Å². The maximum Gasteiger partial charge on any atom is 0.573 e. The average Bonchev–Trinajstić information content (AvgIpc) is 1.71. The summed E-state index contributed by atoms with van der Waals surface area (Å²) in [6.45, 7) is 9.72. The highest BCUT2D eigenvalue weighted by Crippen LogP contribution is 2.35. The number of amides is 7. The maximum atomic E-state index is 13.5. The van der Waals surface area contributed by atoms with Crippen molar-refractivity contribution in [2.24, 2.45) is 11.6 Å². The molecule has 2 aromatic carbocycles. The zero-order valence-corrected chi connectivity index (χ0v) is 47.6. The van der Waals surface area contributed by atoms with Gasteiger partial charge in [-0.05, 0) is 37.1 Å². The number of alkyl halides is 3. The van der Waals surface area contributed by atoms with E-state index in [1.54, 1.807) is 30.5 Å². The Morgan fingerprint density at radius 1 is 0.612 bits per heavy atom. The molecule has 31 heteroatoms. The zero-order valence-electron chi connectivity index (χ0n) is 47.6. The number of urea groups is 2. The van der Waals surface area contributed by atoms with Gasteiger partial charge >= 0.3 is 24.4 Å². The second kappa shape index (κ2) is 39.4. The van der Waals surface area contributed by atoms with E-state index in [1.807, 2.05) is 0 Å². The number of nitrogens with two attached hydrogens (primary N) is 2. The van der Waals surface area contributed by atoms with Gasteiger partial charge in [-0.25, -0.2) is 25.1 Å². The van der Waals surface area contributed by atoms with Crippen molar-refractivity contribution in [3.63, 3.8) is 0 Å². The molecule has 0 aromatic heterocycles. The number of likely N-dealkylation sites (tertiary alicyclic amines) is 1. The zero-order chi connectivity index (χ0) is 61.0. The first-order valence-corrected chi connectivity index (χ1v) is 27.8. The van der Waals surface area contributed by atoms with Crippen LogP contribution in [0.5, 0.6) is 5.75 Å². The molecule has 2 aromatic rings. The summed E-state index contributed by atoms with van der Waals surface area (Å²) in [5.41, 5.74) is 6.28. The number of hydrogen-bond acceptors (Lipinski definition) is 23. The van der Waals surface area contributed by atoms with Crippen LogP contribution in [0.3, 0.4) is 0 Å². The third kappa shape index (κ3) is 27.3. The first-order chi connectivity index (χ1) is 41.1. The summed E-state index contributed by atoms with van der Waals surface area (Å²) in [6, 6.07) is 10.2. The Bertz CT molecular complexity index is 2360. The third-order valence-corrected chi connectivity index (χ3v) is 12.4. The van der Waals surface area contributed by atoms with Crippen LogP contribution in [0, 0.1) is 0 Å². The molecule has 476 valence electrons. The fourth-order valence-corrected chi connectivity index (χ4v) is 8.05. The van der Waals surface area contributed by atoms with Gasteiger partial charge in [-0.2, -0.15) is 0 Å². The van der Waals surface area contributed by atoms with Gasteiger partial charge in [0.15, 0.2) is 0 Å². The predicted octanol–water partition coefficient (Wildman–Crippen LogP) is 2.34. The van der Waals surface area contributed by atoms with Crippen LogP contribution in [0.25, 0.3) is 5.70 Å². The summed E-state index contributed by atoms with van der Waals surface area (Å²) >= 11 is 0. The van der Waals surface area contributed by atoms with Crippen LogP contribution < -0.4 is 31.8 Å². The van der Waals surface area contributed by atoms with Crippen molar-refractivity contribution in [2.45, 2.75) is 44.0 Å². The molecule has 3 aliphatic heterocycles. The number of benzene rings is 2. The molecule has 3 saturated heterocycles. The van der Waals surface area contributed by atoms with E-state index in [-0.39, 0.29) is 64.1 Å². The van der Waals surface area contributed by atoms with E-state index in [9.17, 15) is 41.9 Å². The van der Waals surface area contributed by atoms with Gasteiger partial charge in [0, 0.05) is 49.4 Å². The highest BCUT2D eigenvalue weighted by atomic mass is 19.4. The van der Waals surface area contributed by atoms with Crippen LogP contribution in [0.4, 0.5) is 34.1 Å². The molecule has 0 radical (unpaired) electrons. The third-order valence-electron chi connectivity index (χ3n) is 12.4. The number of piperidine rings is 1. The first-order valence-electron chi connectivity index (χ1n) is 27.8. The average molecular weight is 1220 g/mol. The molecule has 5 rings (SSSR count). The van der Waals surface area contributed by atoms with E-state index < -0.39 is 53.4 Å². The van der Waals surface area contributed by atoms with E-state index in [4.69, 9.17) is 73.3 Å². The summed E-state index contributed by atoms with van der Waals surface area (Å²) < 4.78 is 108. The minimum absolute atomic E-state index is 0.0433. The lowest BCUT2D eigenvalue weighted by Crippen LogP contribution is -2.56. The van der Waals surface area contributed by atoms with Crippen molar-refractivity contribution in [2.75, 3.05) is 188 Å². The lowest BCUT2D eigenvalue weighted by molar-refractivity contribution is -0.274. The van der Waals surface area contributed by atoms with Crippen molar-refractivity contribution >= 4 is 52.8 Å². The number of anilines is 2. The smallest absolute Gasteiger partial charge is 0.406 e.